The Bertz CT molecular complexity index is 409. The highest BCUT2D eigenvalue weighted by Crippen LogP contribution is 2.24. The van der Waals surface area contributed by atoms with Crippen LogP contribution in [0.15, 0.2) is 12.1 Å². The summed E-state index contributed by atoms with van der Waals surface area (Å²) in [5.74, 6) is -0.906. The molecule has 0 aliphatic carbocycles. The van der Waals surface area contributed by atoms with Crippen LogP contribution >= 0.6 is 11.3 Å². The molecule has 0 radical (unpaired) electrons. The van der Waals surface area contributed by atoms with Gasteiger partial charge in [-0.1, -0.05) is 0 Å². The first-order chi connectivity index (χ1) is 5.66. The second-order valence-electron chi connectivity index (χ2n) is 2.63. The summed E-state index contributed by atoms with van der Waals surface area (Å²) in [6.45, 7) is 2.00. The smallest absolute Gasteiger partial charge is 0.352 e. The van der Waals surface area contributed by atoms with E-state index in [0.717, 1.165) is 10.2 Å². The highest BCUT2D eigenvalue weighted by molar-refractivity contribution is 7.18. The molecule has 2 heterocycles. The molecule has 2 aromatic heterocycles. The Hall–Kier alpha value is -1.29. The quantitative estimate of drug-likeness (QED) is 0.708. The summed E-state index contributed by atoms with van der Waals surface area (Å²) in [4.78, 5) is 15.5. The first-order valence-electron chi connectivity index (χ1n) is 3.49. The third-order valence-corrected chi connectivity index (χ3v) is 2.64. The van der Waals surface area contributed by atoms with Gasteiger partial charge in [-0.2, -0.15) is 0 Å². The number of nitrogens with one attached hydrogen (secondary N) is 1. The van der Waals surface area contributed by atoms with Gasteiger partial charge in [0.2, 0.25) is 0 Å². The third kappa shape index (κ3) is 1.00. The lowest BCUT2D eigenvalue weighted by atomic mass is 10.3. The van der Waals surface area contributed by atoms with E-state index in [-0.39, 0.29) is 5.69 Å². The van der Waals surface area contributed by atoms with E-state index in [0.29, 0.717) is 0 Å². The third-order valence-electron chi connectivity index (χ3n) is 1.66. The number of H-pyrrole nitrogens is 1. The average Bonchev–Trinajstić information content (AvgIpc) is 2.42. The summed E-state index contributed by atoms with van der Waals surface area (Å²) in [5, 5.41) is 9.63. The number of hydrogen-bond donors (Lipinski definition) is 2. The molecular formula is C8H7NO2S. The van der Waals surface area contributed by atoms with Crippen LogP contribution in [0.4, 0.5) is 0 Å². The zero-order chi connectivity index (χ0) is 8.72. The number of carbonyl (C=O) groups is 1. The van der Waals surface area contributed by atoms with Gasteiger partial charge in [0, 0.05) is 10.3 Å². The molecule has 2 rings (SSSR count). The van der Waals surface area contributed by atoms with Crippen molar-refractivity contribution in [3.05, 3.63) is 22.7 Å². The molecule has 12 heavy (non-hydrogen) atoms. The summed E-state index contributed by atoms with van der Waals surface area (Å²) in [6, 6.07) is 3.63. The molecule has 2 aromatic rings. The SMILES string of the molecule is Cc1cc2cc(C(=O)O)[nH]c2s1. The summed E-state index contributed by atoms with van der Waals surface area (Å²) in [7, 11) is 0. The molecule has 0 fully saturated rings. The molecule has 0 spiro atoms. The highest BCUT2D eigenvalue weighted by atomic mass is 32.1. The van der Waals surface area contributed by atoms with Crippen LogP contribution in [0, 0.1) is 6.92 Å². The van der Waals surface area contributed by atoms with Crippen LogP contribution in [0.3, 0.4) is 0 Å². The maximum absolute atomic E-state index is 10.5. The van der Waals surface area contributed by atoms with Crippen LogP contribution in [0.2, 0.25) is 0 Å². The number of aromatic amines is 1. The number of carboxylic acids is 1. The lowest BCUT2D eigenvalue weighted by Crippen LogP contribution is -1.94. The van der Waals surface area contributed by atoms with Crippen LogP contribution in [0.25, 0.3) is 10.2 Å². The van der Waals surface area contributed by atoms with Crippen molar-refractivity contribution >= 4 is 27.5 Å². The van der Waals surface area contributed by atoms with Gasteiger partial charge in [-0.05, 0) is 19.1 Å². The van der Waals surface area contributed by atoms with E-state index in [1.165, 1.54) is 4.88 Å². The molecule has 2 N–H and O–H groups in total. The van der Waals surface area contributed by atoms with Crippen LogP contribution in [-0.2, 0) is 0 Å². The van der Waals surface area contributed by atoms with Crippen LogP contribution in [0.1, 0.15) is 15.4 Å². The predicted molar refractivity (Wildman–Crippen MR) is 47.9 cm³/mol. The van der Waals surface area contributed by atoms with E-state index in [1.54, 1.807) is 17.4 Å². The fraction of sp³-hybridized carbons (Fsp3) is 0.125. The lowest BCUT2D eigenvalue weighted by molar-refractivity contribution is 0.0691. The van der Waals surface area contributed by atoms with Gasteiger partial charge in [0.25, 0.3) is 0 Å². The fourth-order valence-corrected chi connectivity index (χ4v) is 2.07. The van der Waals surface area contributed by atoms with E-state index in [1.807, 2.05) is 13.0 Å². The van der Waals surface area contributed by atoms with Crippen molar-refractivity contribution in [3.8, 4) is 0 Å². The van der Waals surface area contributed by atoms with E-state index in [4.69, 9.17) is 5.11 Å². The van der Waals surface area contributed by atoms with Crippen molar-refractivity contribution < 1.29 is 9.90 Å². The minimum atomic E-state index is -0.906. The van der Waals surface area contributed by atoms with Gasteiger partial charge in [-0.25, -0.2) is 4.79 Å². The first kappa shape index (κ1) is 7.36. The number of fused-ring (bicyclic) bond motifs is 1. The normalized spacial score (nSPS) is 10.8. The molecule has 3 nitrogen and oxygen atoms in total. The van der Waals surface area contributed by atoms with Crippen LogP contribution in [-0.4, -0.2) is 16.1 Å². The zero-order valence-corrected chi connectivity index (χ0v) is 7.23. The Kier molecular flexibility index (Phi) is 1.44. The van der Waals surface area contributed by atoms with E-state index in [2.05, 4.69) is 4.98 Å². The lowest BCUT2D eigenvalue weighted by Gasteiger charge is -1.83. The Morgan fingerprint density at radius 2 is 2.33 bits per heavy atom. The molecule has 0 unspecified atom stereocenters. The van der Waals surface area contributed by atoms with Gasteiger partial charge in [0.15, 0.2) is 0 Å². The summed E-state index contributed by atoms with van der Waals surface area (Å²) in [6.07, 6.45) is 0. The van der Waals surface area contributed by atoms with Gasteiger partial charge in [-0.15, -0.1) is 11.3 Å². The monoisotopic (exact) mass is 181 g/mol. The van der Waals surface area contributed by atoms with Gasteiger partial charge < -0.3 is 10.1 Å². The maximum atomic E-state index is 10.5. The van der Waals surface area contributed by atoms with Crippen LogP contribution in [0.5, 0.6) is 0 Å². The Morgan fingerprint density at radius 3 is 2.92 bits per heavy atom. The van der Waals surface area contributed by atoms with Crippen molar-refractivity contribution in [2.75, 3.05) is 0 Å². The number of carboxylic acid groups (broad SMARTS) is 1. The molecule has 0 aliphatic rings. The number of thiophene rings is 1. The van der Waals surface area contributed by atoms with Crippen molar-refractivity contribution in [1.82, 2.24) is 4.98 Å². The van der Waals surface area contributed by atoms with Crippen LogP contribution < -0.4 is 0 Å². The van der Waals surface area contributed by atoms with Gasteiger partial charge >= 0.3 is 5.97 Å². The number of aromatic carboxylic acids is 1. The number of hydrogen-bond acceptors (Lipinski definition) is 2. The van der Waals surface area contributed by atoms with E-state index >= 15 is 0 Å². The fourth-order valence-electron chi connectivity index (χ4n) is 1.17. The topological polar surface area (TPSA) is 53.1 Å². The molecule has 62 valence electrons. The molecular weight excluding hydrogens is 174 g/mol. The van der Waals surface area contributed by atoms with Crippen molar-refractivity contribution in [2.24, 2.45) is 0 Å². The number of aromatic nitrogens is 1. The summed E-state index contributed by atoms with van der Waals surface area (Å²) in [5.41, 5.74) is 0.260. The molecule has 4 heteroatoms. The molecule has 0 amide bonds. The Balaban J connectivity index is 2.64. The van der Waals surface area contributed by atoms with Gasteiger partial charge in [0.05, 0.1) is 0 Å². The maximum Gasteiger partial charge on any atom is 0.352 e. The molecule has 0 saturated heterocycles. The zero-order valence-electron chi connectivity index (χ0n) is 6.42. The standard InChI is InChI=1S/C8H7NO2S/c1-4-2-5-3-6(8(10)11)9-7(5)12-4/h2-3,9H,1H3,(H,10,11). The summed E-state index contributed by atoms with van der Waals surface area (Å²) < 4.78 is 0. The molecule has 0 atom stereocenters. The highest BCUT2D eigenvalue weighted by Gasteiger charge is 2.08. The Morgan fingerprint density at radius 1 is 1.58 bits per heavy atom. The summed E-state index contributed by atoms with van der Waals surface area (Å²) >= 11 is 1.57. The predicted octanol–water partition coefficient (Wildman–Crippen LogP) is 2.24. The largest absolute Gasteiger partial charge is 0.477 e. The molecule has 0 saturated carbocycles. The Labute approximate surface area is 72.6 Å². The van der Waals surface area contributed by atoms with Crippen molar-refractivity contribution in [1.29, 1.82) is 0 Å². The number of aryl methyl sites for hydroxylation is 1. The van der Waals surface area contributed by atoms with E-state index in [9.17, 15) is 4.79 Å². The van der Waals surface area contributed by atoms with Crippen molar-refractivity contribution in [2.45, 2.75) is 6.92 Å². The van der Waals surface area contributed by atoms with Gasteiger partial charge in [0.1, 0.15) is 10.5 Å². The molecule has 0 aromatic carbocycles. The van der Waals surface area contributed by atoms with Crippen molar-refractivity contribution in [3.63, 3.8) is 0 Å². The first-order valence-corrected chi connectivity index (χ1v) is 4.31. The minimum absolute atomic E-state index is 0.260. The molecule has 0 bridgehead atoms. The second kappa shape index (κ2) is 2.35. The average molecular weight is 181 g/mol. The van der Waals surface area contributed by atoms with Gasteiger partial charge in [-0.3, -0.25) is 0 Å². The van der Waals surface area contributed by atoms with E-state index < -0.39 is 5.97 Å². The second-order valence-corrected chi connectivity index (χ2v) is 3.89. The minimum Gasteiger partial charge on any atom is -0.477 e. The molecule has 0 aliphatic heterocycles. The number of rotatable bonds is 1.